The summed E-state index contributed by atoms with van der Waals surface area (Å²) in [6.07, 6.45) is 2.86. The van der Waals surface area contributed by atoms with E-state index in [1.165, 1.54) is 18.4 Å². The Kier molecular flexibility index (Phi) is 4.67. The van der Waals surface area contributed by atoms with Gasteiger partial charge in [0.15, 0.2) is 10.8 Å². The molecule has 3 rings (SSSR count). The molecule has 0 aromatic carbocycles. The molecule has 1 radical (unpaired) electrons. The number of hydrogen-bond acceptors (Lipinski definition) is 8. The zero-order valence-corrected chi connectivity index (χ0v) is 14.5. The molecule has 1 aromatic heterocycles. The smallest absolute Gasteiger partial charge is 0.289 e. The molecule has 7 nitrogen and oxygen atoms in total. The van der Waals surface area contributed by atoms with E-state index in [1.807, 2.05) is 6.92 Å². The number of nitrogens with one attached hydrogen (secondary N) is 1. The van der Waals surface area contributed by atoms with E-state index in [9.17, 15) is 4.79 Å². The molecule has 23 heavy (non-hydrogen) atoms. The summed E-state index contributed by atoms with van der Waals surface area (Å²) >= 11 is 2.89. The molecular formula is C14H17N5O2S2+. The van der Waals surface area contributed by atoms with Crippen molar-refractivity contribution in [2.24, 2.45) is 5.16 Å². The number of carbonyl (C=O) groups excluding carboxylic acids is 1. The number of allylic oxidation sites excluding steroid dienone is 1. The SMILES string of the molecule is CO/N=C(\C(=O)NC1CCCC2=C1SC(C)=[N+]2)c1csc(N)n1. The van der Waals surface area contributed by atoms with Crippen molar-refractivity contribution in [2.75, 3.05) is 12.8 Å². The third kappa shape index (κ3) is 3.40. The van der Waals surface area contributed by atoms with Crippen molar-refractivity contribution in [3.63, 3.8) is 0 Å². The van der Waals surface area contributed by atoms with Gasteiger partial charge in [0.2, 0.25) is 0 Å². The number of nitrogens with two attached hydrogens (primary N) is 1. The number of aromatic nitrogens is 1. The Bertz CT molecular complexity index is 723. The van der Waals surface area contributed by atoms with Crippen molar-refractivity contribution in [1.29, 1.82) is 0 Å². The Morgan fingerprint density at radius 3 is 3.13 bits per heavy atom. The van der Waals surface area contributed by atoms with E-state index in [4.69, 9.17) is 10.6 Å². The second-order valence-corrected chi connectivity index (χ2v) is 7.28. The van der Waals surface area contributed by atoms with Crippen LogP contribution in [0, 0.1) is 0 Å². The maximum absolute atomic E-state index is 12.6. The van der Waals surface area contributed by atoms with Gasteiger partial charge < -0.3 is 15.9 Å². The van der Waals surface area contributed by atoms with Crippen LogP contribution in [0.2, 0.25) is 0 Å². The van der Waals surface area contributed by atoms with Gasteiger partial charge >= 0.3 is 0 Å². The second-order valence-electron chi connectivity index (χ2n) is 5.16. The number of nitrogen functional groups attached to an aromatic ring is 1. The number of carbonyl (C=O) groups is 1. The zero-order chi connectivity index (χ0) is 16.4. The summed E-state index contributed by atoms with van der Waals surface area (Å²) < 4.78 is 0. The van der Waals surface area contributed by atoms with Crippen LogP contribution in [0.3, 0.4) is 0 Å². The molecular weight excluding hydrogens is 334 g/mol. The van der Waals surface area contributed by atoms with Gasteiger partial charge in [-0.25, -0.2) is 4.98 Å². The van der Waals surface area contributed by atoms with Crippen molar-refractivity contribution in [3.8, 4) is 0 Å². The molecule has 0 spiro atoms. The quantitative estimate of drug-likeness (QED) is 0.631. The molecule has 0 bridgehead atoms. The molecule has 0 saturated heterocycles. The number of nitrogens with zero attached hydrogens (tertiary/aromatic N) is 3. The van der Waals surface area contributed by atoms with Crippen LogP contribution in [-0.2, 0) is 9.63 Å². The lowest BCUT2D eigenvalue weighted by Crippen LogP contribution is -2.41. The van der Waals surface area contributed by atoms with Crippen molar-refractivity contribution < 1.29 is 9.63 Å². The number of thiazole rings is 1. The molecule has 121 valence electrons. The van der Waals surface area contributed by atoms with Gasteiger partial charge in [-0.2, -0.15) is 0 Å². The fourth-order valence-electron chi connectivity index (χ4n) is 2.60. The maximum Gasteiger partial charge on any atom is 0.289 e. The number of rotatable bonds is 4. The van der Waals surface area contributed by atoms with Crippen molar-refractivity contribution in [1.82, 2.24) is 15.3 Å². The van der Waals surface area contributed by atoms with Crippen LogP contribution in [0.15, 0.2) is 21.1 Å². The summed E-state index contributed by atoms with van der Waals surface area (Å²) in [5.41, 5.74) is 7.28. The van der Waals surface area contributed by atoms with Gasteiger partial charge in [-0.05, 0) is 24.6 Å². The van der Waals surface area contributed by atoms with Crippen LogP contribution in [0.1, 0.15) is 31.9 Å². The lowest BCUT2D eigenvalue weighted by molar-refractivity contribution is -0.115. The number of anilines is 1. The first-order chi connectivity index (χ1) is 11.1. The first-order valence-corrected chi connectivity index (χ1v) is 8.87. The maximum atomic E-state index is 12.6. The third-order valence-corrected chi connectivity index (χ3v) is 5.33. The van der Waals surface area contributed by atoms with Crippen molar-refractivity contribution >= 4 is 44.9 Å². The monoisotopic (exact) mass is 351 g/mol. The summed E-state index contributed by atoms with van der Waals surface area (Å²) in [6, 6.07) is -0.0458. The highest BCUT2D eigenvalue weighted by Gasteiger charge is 2.38. The molecule has 1 aliphatic heterocycles. The van der Waals surface area contributed by atoms with Crippen LogP contribution in [0.5, 0.6) is 0 Å². The summed E-state index contributed by atoms with van der Waals surface area (Å²) in [5.74, 6) is -0.318. The molecule has 2 heterocycles. The lowest BCUT2D eigenvalue weighted by atomic mass is 9.99. The fraction of sp³-hybridized carbons (Fsp3) is 0.429. The van der Waals surface area contributed by atoms with Crippen LogP contribution >= 0.6 is 23.1 Å². The number of aliphatic imine (C=N–C) groups is 1. The summed E-state index contributed by atoms with van der Waals surface area (Å²) in [5, 5.41) is 9.94. The molecule has 3 N–H and O–H groups in total. The summed E-state index contributed by atoms with van der Waals surface area (Å²) in [7, 11) is 1.40. The van der Waals surface area contributed by atoms with Gasteiger partial charge in [0.05, 0.1) is 15.9 Å². The van der Waals surface area contributed by atoms with Gasteiger partial charge in [0.25, 0.3) is 16.6 Å². The molecule has 2 aliphatic rings. The van der Waals surface area contributed by atoms with E-state index in [0.717, 1.165) is 34.9 Å². The van der Waals surface area contributed by atoms with Crippen LogP contribution < -0.4 is 16.0 Å². The minimum Gasteiger partial charge on any atom is -0.398 e. The van der Waals surface area contributed by atoms with E-state index in [1.54, 1.807) is 17.1 Å². The Labute approximate surface area is 142 Å². The molecule has 9 heteroatoms. The minimum atomic E-state index is -0.318. The number of thioether (sulfide) groups is 1. The first-order valence-electron chi connectivity index (χ1n) is 7.18. The summed E-state index contributed by atoms with van der Waals surface area (Å²) in [4.78, 5) is 27.2. The van der Waals surface area contributed by atoms with Gasteiger partial charge in [0, 0.05) is 18.7 Å². The zero-order valence-electron chi connectivity index (χ0n) is 12.8. The van der Waals surface area contributed by atoms with Gasteiger partial charge in [-0.3, -0.25) is 4.79 Å². The second kappa shape index (κ2) is 6.71. The highest BCUT2D eigenvalue weighted by atomic mass is 32.2. The number of oxime groups is 1. The lowest BCUT2D eigenvalue weighted by Gasteiger charge is -2.21. The number of hydrogen-bond donors (Lipinski definition) is 2. The largest absolute Gasteiger partial charge is 0.398 e. The van der Waals surface area contributed by atoms with E-state index in [-0.39, 0.29) is 17.7 Å². The molecule has 1 amide bonds. The molecule has 1 aliphatic carbocycles. The fourth-order valence-corrected chi connectivity index (χ4v) is 4.21. The third-order valence-electron chi connectivity index (χ3n) is 3.52. The molecule has 1 aromatic rings. The van der Waals surface area contributed by atoms with E-state index in [2.05, 4.69) is 20.4 Å². The Hall–Kier alpha value is -1.87. The summed E-state index contributed by atoms with van der Waals surface area (Å²) in [6.45, 7) is 1.98. The van der Waals surface area contributed by atoms with E-state index < -0.39 is 0 Å². The van der Waals surface area contributed by atoms with Crippen molar-refractivity contribution in [2.45, 2.75) is 32.2 Å². The minimum absolute atomic E-state index is 0.0458. The van der Waals surface area contributed by atoms with Crippen LogP contribution in [0.25, 0.3) is 0 Å². The van der Waals surface area contributed by atoms with E-state index in [0.29, 0.717) is 10.8 Å². The normalized spacial score (nSPS) is 21.0. The highest BCUT2D eigenvalue weighted by Crippen LogP contribution is 2.36. The predicted molar refractivity (Wildman–Crippen MR) is 93.3 cm³/mol. The van der Waals surface area contributed by atoms with Crippen molar-refractivity contribution in [3.05, 3.63) is 21.7 Å². The molecule has 0 saturated carbocycles. The Morgan fingerprint density at radius 1 is 1.61 bits per heavy atom. The van der Waals surface area contributed by atoms with Crippen LogP contribution in [0.4, 0.5) is 5.13 Å². The Morgan fingerprint density at radius 2 is 2.43 bits per heavy atom. The highest BCUT2D eigenvalue weighted by molar-refractivity contribution is 8.17. The first kappa shape index (κ1) is 16.0. The average molecular weight is 351 g/mol. The standard InChI is InChI=1S/C14H17N5O2S2/c1-7-16-8-4-3-5-9(12(8)23-7)17-13(20)11(19-21-2)10-6-22-14(15)18-10/h6,9H,3-5H2,1-2H3,(H2,15,18)(H,17,20)/q+1/b19-11-. The van der Waals surface area contributed by atoms with E-state index >= 15 is 0 Å². The predicted octanol–water partition coefficient (Wildman–Crippen LogP) is 1.46. The van der Waals surface area contributed by atoms with Gasteiger partial charge in [0.1, 0.15) is 12.8 Å². The topological polar surface area (TPSA) is 104 Å². The Balaban J connectivity index is 1.77. The van der Waals surface area contributed by atoms with Crippen LogP contribution in [-0.4, -0.2) is 34.8 Å². The van der Waals surface area contributed by atoms with Gasteiger partial charge in [-0.15, -0.1) is 11.3 Å². The molecule has 0 fully saturated rings. The molecule has 1 unspecified atom stereocenters. The average Bonchev–Trinajstić information content (AvgIpc) is 3.10. The molecule has 1 atom stereocenters. The van der Waals surface area contributed by atoms with Gasteiger partial charge in [-0.1, -0.05) is 5.16 Å². The number of amides is 1.